The van der Waals surface area contributed by atoms with E-state index in [9.17, 15) is 9.59 Å². The van der Waals surface area contributed by atoms with Crippen molar-refractivity contribution >= 4 is 28.6 Å². The van der Waals surface area contributed by atoms with Crippen LogP contribution in [0, 0.1) is 5.92 Å². The number of carboxylic acid groups (broad SMARTS) is 1. The summed E-state index contributed by atoms with van der Waals surface area (Å²) < 4.78 is 0. The van der Waals surface area contributed by atoms with Crippen LogP contribution in [0.1, 0.15) is 29.5 Å². The number of benzene rings is 2. The van der Waals surface area contributed by atoms with E-state index in [1.54, 1.807) is 24.3 Å². The number of aromatic amines is 1. The van der Waals surface area contributed by atoms with Crippen LogP contribution in [0.5, 0.6) is 0 Å². The number of aliphatic carboxylic acids is 1. The number of rotatable bonds is 8. The summed E-state index contributed by atoms with van der Waals surface area (Å²) in [5.74, 6) is -0.746. The van der Waals surface area contributed by atoms with Crippen molar-refractivity contribution in [3.05, 3.63) is 59.9 Å². The third-order valence-electron chi connectivity index (χ3n) is 4.40. The molecular formula is C20H22N4O3. The predicted octanol–water partition coefficient (Wildman–Crippen LogP) is 3.02. The smallest absolute Gasteiger partial charge is 0.308 e. The van der Waals surface area contributed by atoms with Crippen LogP contribution in [0.15, 0.2) is 48.5 Å². The molecule has 0 aliphatic heterocycles. The summed E-state index contributed by atoms with van der Waals surface area (Å²) in [5.41, 5.74) is 3.11. The van der Waals surface area contributed by atoms with Gasteiger partial charge in [-0.15, -0.1) is 0 Å². The number of fused-ring (bicyclic) bond motifs is 1. The maximum Gasteiger partial charge on any atom is 0.308 e. The van der Waals surface area contributed by atoms with Gasteiger partial charge in [0.05, 0.1) is 23.5 Å². The van der Waals surface area contributed by atoms with Crippen LogP contribution in [-0.4, -0.2) is 33.5 Å². The summed E-state index contributed by atoms with van der Waals surface area (Å²) in [6, 6.07) is 14.6. The minimum absolute atomic E-state index is 0.195. The normalized spacial score (nSPS) is 11.9. The van der Waals surface area contributed by atoms with Gasteiger partial charge in [-0.2, -0.15) is 0 Å². The zero-order valence-corrected chi connectivity index (χ0v) is 15.0. The molecule has 0 fully saturated rings. The highest BCUT2D eigenvalue weighted by atomic mass is 16.4. The van der Waals surface area contributed by atoms with E-state index < -0.39 is 11.9 Å². The molecule has 1 heterocycles. The van der Waals surface area contributed by atoms with Gasteiger partial charge in [-0.1, -0.05) is 19.1 Å². The highest BCUT2D eigenvalue weighted by Crippen LogP contribution is 2.13. The lowest BCUT2D eigenvalue weighted by Gasteiger charge is -2.12. The molecule has 4 N–H and O–H groups in total. The van der Waals surface area contributed by atoms with E-state index in [4.69, 9.17) is 5.11 Å². The van der Waals surface area contributed by atoms with E-state index in [2.05, 4.69) is 20.6 Å². The fourth-order valence-electron chi connectivity index (χ4n) is 2.74. The molecule has 1 unspecified atom stereocenters. The topological polar surface area (TPSA) is 107 Å². The van der Waals surface area contributed by atoms with E-state index in [1.165, 1.54) is 0 Å². The molecule has 3 aromatic rings. The highest BCUT2D eigenvalue weighted by molar-refractivity contribution is 5.94. The second-order valence-corrected chi connectivity index (χ2v) is 6.28. The van der Waals surface area contributed by atoms with Gasteiger partial charge >= 0.3 is 5.97 Å². The van der Waals surface area contributed by atoms with Crippen molar-refractivity contribution in [2.24, 2.45) is 5.92 Å². The van der Waals surface area contributed by atoms with Crippen LogP contribution in [0.2, 0.25) is 0 Å². The van der Waals surface area contributed by atoms with E-state index in [-0.39, 0.29) is 5.91 Å². The van der Waals surface area contributed by atoms with Crippen molar-refractivity contribution in [3.8, 4) is 0 Å². The molecule has 0 bridgehead atoms. The number of amides is 1. The lowest BCUT2D eigenvalue weighted by Crippen LogP contribution is -2.23. The third kappa shape index (κ3) is 4.63. The summed E-state index contributed by atoms with van der Waals surface area (Å²) in [5, 5.41) is 15.0. The van der Waals surface area contributed by atoms with Crippen molar-refractivity contribution in [1.29, 1.82) is 0 Å². The molecule has 0 spiro atoms. The first-order valence-electron chi connectivity index (χ1n) is 8.85. The number of carbonyl (C=O) groups is 2. The fraction of sp³-hybridized carbons (Fsp3) is 0.250. The number of H-pyrrole nitrogens is 1. The number of carboxylic acids is 1. The van der Waals surface area contributed by atoms with Crippen molar-refractivity contribution in [1.82, 2.24) is 15.3 Å². The summed E-state index contributed by atoms with van der Waals surface area (Å²) in [4.78, 5) is 30.9. The Labute approximate surface area is 156 Å². The van der Waals surface area contributed by atoms with Gasteiger partial charge in [0.15, 0.2) is 0 Å². The molecule has 0 saturated heterocycles. The number of carbonyl (C=O) groups excluding carboxylic acids is 1. The predicted molar refractivity (Wildman–Crippen MR) is 104 cm³/mol. The Hall–Kier alpha value is -3.35. The summed E-state index contributed by atoms with van der Waals surface area (Å²) >= 11 is 0. The molecule has 1 amide bonds. The average molecular weight is 366 g/mol. The second kappa shape index (κ2) is 8.35. The minimum Gasteiger partial charge on any atom is -0.481 e. The van der Waals surface area contributed by atoms with Crippen LogP contribution in [0.4, 0.5) is 5.69 Å². The van der Waals surface area contributed by atoms with Gasteiger partial charge in [-0.05, 0) is 42.8 Å². The van der Waals surface area contributed by atoms with Crippen LogP contribution in [0.3, 0.4) is 0 Å². The van der Waals surface area contributed by atoms with Crippen LogP contribution in [0.25, 0.3) is 11.0 Å². The lowest BCUT2D eigenvalue weighted by molar-refractivity contribution is -0.141. The largest absolute Gasteiger partial charge is 0.481 e. The number of hydrogen-bond acceptors (Lipinski definition) is 4. The summed E-state index contributed by atoms with van der Waals surface area (Å²) in [6.07, 6.45) is 0.560. The number of hydrogen-bond donors (Lipinski definition) is 4. The Morgan fingerprint density at radius 1 is 1.15 bits per heavy atom. The van der Waals surface area contributed by atoms with Gasteiger partial charge in [0.1, 0.15) is 5.82 Å². The number of nitrogens with zero attached hydrogens (tertiary/aromatic N) is 1. The molecule has 1 atom stereocenters. The second-order valence-electron chi connectivity index (χ2n) is 6.28. The van der Waals surface area contributed by atoms with Gasteiger partial charge < -0.3 is 20.7 Å². The number of imidazole rings is 1. The van der Waals surface area contributed by atoms with E-state index >= 15 is 0 Å². The molecule has 1 aromatic heterocycles. The lowest BCUT2D eigenvalue weighted by atomic mass is 10.1. The Balaban J connectivity index is 1.54. The molecule has 0 saturated carbocycles. The number of anilines is 1. The quantitative estimate of drug-likeness (QED) is 0.490. The SMILES string of the molecule is CCC(CNc1ccc(C(=O)NCc2nc3ccccc3[nH]2)cc1)C(=O)O. The standard InChI is InChI=1S/C20H22N4O3/c1-2-13(20(26)27)11-21-15-9-7-14(8-10-15)19(25)22-12-18-23-16-5-3-4-6-17(16)24-18/h3-10,13,21H,2,11-12H2,1H3,(H,22,25)(H,23,24)(H,26,27). The minimum atomic E-state index is -0.813. The Morgan fingerprint density at radius 2 is 1.89 bits per heavy atom. The molecule has 0 radical (unpaired) electrons. The maximum atomic E-state index is 12.3. The fourth-order valence-corrected chi connectivity index (χ4v) is 2.74. The summed E-state index contributed by atoms with van der Waals surface area (Å²) in [7, 11) is 0. The van der Waals surface area contributed by atoms with E-state index in [1.807, 2.05) is 31.2 Å². The van der Waals surface area contributed by atoms with E-state index in [0.717, 1.165) is 16.7 Å². The molecule has 140 valence electrons. The molecule has 0 aliphatic carbocycles. The maximum absolute atomic E-state index is 12.3. The zero-order chi connectivity index (χ0) is 19.2. The monoisotopic (exact) mass is 366 g/mol. The number of para-hydroxylation sites is 2. The highest BCUT2D eigenvalue weighted by Gasteiger charge is 2.14. The van der Waals surface area contributed by atoms with Crippen molar-refractivity contribution in [2.75, 3.05) is 11.9 Å². The summed E-state index contributed by atoms with van der Waals surface area (Å²) in [6.45, 7) is 2.50. The first-order chi connectivity index (χ1) is 13.1. The van der Waals surface area contributed by atoms with Gasteiger partial charge in [0.25, 0.3) is 5.91 Å². The van der Waals surface area contributed by atoms with Crippen molar-refractivity contribution in [3.63, 3.8) is 0 Å². The first kappa shape index (κ1) is 18.4. The molecular weight excluding hydrogens is 344 g/mol. The number of nitrogens with one attached hydrogen (secondary N) is 3. The van der Waals surface area contributed by atoms with Gasteiger partial charge in [-0.3, -0.25) is 9.59 Å². The van der Waals surface area contributed by atoms with Crippen LogP contribution >= 0.6 is 0 Å². The molecule has 0 aliphatic rings. The van der Waals surface area contributed by atoms with Crippen LogP contribution in [-0.2, 0) is 11.3 Å². The van der Waals surface area contributed by atoms with Gasteiger partial charge in [-0.25, -0.2) is 4.98 Å². The Morgan fingerprint density at radius 3 is 2.56 bits per heavy atom. The molecule has 7 heteroatoms. The average Bonchev–Trinajstić information content (AvgIpc) is 3.10. The van der Waals surface area contributed by atoms with E-state index in [0.29, 0.717) is 30.9 Å². The first-order valence-corrected chi connectivity index (χ1v) is 8.85. The number of aromatic nitrogens is 2. The molecule has 2 aromatic carbocycles. The molecule has 3 rings (SSSR count). The molecule has 7 nitrogen and oxygen atoms in total. The molecule has 27 heavy (non-hydrogen) atoms. The Bertz CT molecular complexity index is 901. The zero-order valence-electron chi connectivity index (χ0n) is 15.0. The Kier molecular flexibility index (Phi) is 5.71. The van der Waals surface area contributed by atoms with Gasteiger partial charge in [0, 0.05) is 17.8 Å². The van der Waals surface area contributed by atoms with Crippen LogP contribution < -0.4 is 10.6 Å². The third-order valence-corrected chi connectivity index (χ3v) is 4.40. The van der Waals surface area contributed by atoms with Gasteiger partial charge in [0.2, 0.25) is 0 Å². The van der Waals surface area contributed by atoms with Crippen molar-refractivity contribution in [2.45, 2.75) is 19.9 Å². The van der Waals surface area contributed by atoms with Crippen molar-refractivity contribution < 1.29 is 14.7 Å².